The van der Waals surface area contributed by atoms with Crippen LogP contribution in [0.25, 0.3) is 0 Å². The zero-order valence-electron chi connectivity index (χ0n) is 10.9. The van der Waals surface area contributed by atoms with Crippen LogP contribution < -0.4 is 4.90 Å². The first-order chi connectivity index (χ1) is 9.24. The molecule has 0 bridgehead atoms. The third-order valence-corrected chi connectivity index (χ3v) is 4.51. The fraction of sp³-hybridized carbons (Fsp3) is 0.429. The summed E-state index contributed by atoms with van der Waals surface area (Å²) in [5.41, 5.74) is 1.23. The lowest BCUT2D eigenvalue weighted by atomic mass is 9.97. The Morgan fingerprint density at radius 1 is 1.42 bits per heavy atom. The highest BCUT2D eigenvalue weighted by Crippen LogP contribution is 2.28. The van der Waals surface area contributed by atoms with Crippen molar-refractivity contribution in [1.29, 1.82) is 0 Å². The maximum Gasteiger partial charge on any atom is 0.128 e. The van der Waals surface area contributed by atoms with Crippen molar-refractivity contribution in [1.82, 2.24) is 15.0 Å². The predicted molar refractivity (Wildman–Crippen MR) is 79.4 cm³/mol. The van der Waals surface area contributed by atoms with Gasteiger partial charge in [-0.25, -0.2) is 9.97 Å². The third kappa shape index (κ3) is 2.66. The Balaban J connectivity index is 1.79. The van der Waals surface area contributed by atoms with Gasteiger partial charge in [0, 0.05) is 42.1 Å². The quantitative estimate of drug-likeness (QED) is 0.923. The van der Waals surface area contributed by atoms with Crippen molar-refractivity contribution < 1.29 is 0 Å². The van der Waals surface area contributed by atoms with Gasteiger partial charge in [0.25, 0.3) is 0 Å². The van der Waals surface area contributed by atoms with Crippen molar-refractivity contribution in [2.75, 3.05) is 18.0 Å². The molecule has 1 N–H and O–H groups in total. The Hall–Kier alpha value is -1.36. The number of hydrogen-bond donors (Lipinski definition) is 1. The monoisotopic (exact) mass is 320 g/mol. The average molecular weight is 321 g/mol. The van der Waals surface area contributed by atoms with E-state index in [1.165, 1.54) is 18.4 Å². The van der Waals surface area contributed by atoms with Crippen LogP contribution in [0.15, 0.2) is 29.1 Å². The molecular formula is C14H17BrN4. The summed E-state index contributed by atoms with van der Waals surface area (Å²) < 4.78 is 1.07. The summed E-state index contributed by atoms with van der Waals surface area (Å²) in [5.74, 6) is 2.64. The highest BCUT2D eigenvalue weighted by Gasteiger charge is 2.23. The highest BCUT2D eigenvalue weighted by atomic mass is 79.9. The zero-order chi connectivity index (χ0) is 13.2. The second-order valence-electron chi connectivity index (χ2n) is 5.05. The lowest BCUT2D eigenvalue weighted by molar-refractivity contribution is 0.491. The molecule has 0 saturated carbocycles. The van der Waals surface area contributed by atoms with Crippen LogP contribution in [0.5, 0.6) is 0 Å². The van der Waals surface area contributed by atoms with Gasteiger partial charge < -0.3 is 9.88 Å². The number of aromatic amines is 1. The van der Waals surface area contributed by atoms with E-state index < -0.39 is 0 Å². The number of hydrogen-bond acceptors (Lipinski definition) is 3. The summed E-state index contributed by atoms with van der Waals surface area (Å²) in [6.07, 6.45) is 8.00. The smallest absolute Gasteiger partial charge is 0.128 e. The topological polar surface area (TPSA) is 44.8 Å². The summed E-state index contributed by atoms with van der Waals surface area (Å²) in [4.78, 5) is 14.5. The molecule has 100 valence electrons. The Kier molecular flexibility index (Phi) is 3.55. The molecule has 0 amide bonds. The van der Waals surface area contributed by atoms with Crippen LogP contribution in [0, 0.1) is 6.92 Å². The number of piperidine rings is 1. The fourth-order valence-electron chi connectivity index (χ4n) is 2.61. The molecule has 19 heavy (non-hydrogen) atoms. The van der Waals surface area contributed by atoms with Crippen LogP contribution >= 0.6 is 15.9 Å². The van der Waals surface area contributed by atoms with E-state index in [-0.39, 0.29) is 0 Å². The first kappa shape index (κ1) is 12.7. The van der Waals surface area contributed by atoms with Crippen LogP contribution in [-0.2, 0) is 0 Å². The van der Waals surface area contributed by atoms with E-state index in [4.69, 9.17) is 0 Å². The third-order valence-electron chi connectivity index (χ3n) is 3.68. The normalized spacial score (nSPS) is 19.7. The Labute approximate surface area is 121 Å². The lowest BCUT2D eigenvalue weighted by Gasteiger charge is -2.32. The van der Waals surface area contributed by atoms with Gasteiger partial charge in [0.05, 0.1) is 0 Å². The van der Waals surface area contributed by atoms with Gasteiger partial charge in [0.15, 0.2) is 0 Å². The standard InChI is InChI=1S/C14H17BrN4/c1-10-7-13(18-8-12(10)15)19-6-2-3-11(9-19)14-16-4-5-17-14/h4-5,7-8,11H,2-3,6,9H2,1H3,(H,16,17). The van der Waals surface area contributed by atoms with E-state index in [1.807, 2.05) is 18.6 Å². The van der Waals surface area contributed by atoms with Gasteiger partial charge in [-0.05, 0) is 47.3 Å². The van der Waals surface area contributed by atoms with Crippen molar-refractivity contribution in [2.24, 2.45) is 0 Å². The van der Waals surface area contributed by atoms with Gasteiger partial charge in [-0.1, -0.05) is 0 Å². The zero-order valence-corrected chi connectivity index (χ0v) is 12.5. The van der Waals surface area contributed by atoms with Crippen LogP contribution in [0.1, 0.15) is 30.1 Å². The Bertz CT molecular complexity index is 553. The van der Waals surface area contributed by atoms with E-state index in [1.54, 1.807) is 0 Å². The summed E-state index contributed by atoms with van der Waals surface area (Å²) in [7, 11) is 0. The Morgan fingerprint density at radius 2 is 2.32 bits per heavy atom. The minimum absolute atomic E-state index is 0.481. The molecule has 4 nitrogen and oxygen atoms in total. The van der Waals surface area contributed by atoms with E-state index in [9.17, 15) is 0 Å². The number of aryl methyl sites for hydroxylation is 1. The van der Waals surface area contributed by atoms with Crippen molar-refractivity contribution in [3.63, 3.8) is 0 Å². The number of pyridine rings is 1. The number of H-pyrrole nitrogens is 1. The number of rotatable bonds is 2. The van der Waals surface area contributed by atoms with Crippen LogP contribution in [0.2, 0.25) is 0 Å². The van der Waals surface area contributed by atoms with Crippen molar-refractivity contribution in [3.8, 4) is 0 Å². The molecule has 1 saturated heterocycles. The highest BCUT2D eigenvalue weighted by molar-refractivity contribution is 9.10. The summed E-state index contributed by atoms with van der Waals surface area (Å²) >= 11 is 3.50. The molecule has 5 heteroatoms. The van der Waals surface area contributed by atoms with Gasteiger partial charge in [-0.15, -0.1) is 0 Å². The van der Waals surface area contributed by atoms with Crippen LogP contribution in [0.4, 0.5) is 5.82 Å². The van der Waals surface area contributed by atoms with Crippen molar-refractivity contribution >= 4 is 21.7 Å². The number of nitrogens with one attached hydrogen (secondary N) is 1. The number of anilines is 1. The summed E-state index contributed by atoms with van der Waals surface area (Å²) in [6.45, 7) is 4.16. The minimum atomic E-state index is 0.481. The van der Waals surface area contributed by atoms with Gasteiger partial charge in [0.2, 0.25) is 0 Å². The van der Waals surface area contributed by atoms with Crippen molar-refractivity contribution in [2.45, 2.75) is 25.7 Å². The molecule has 0 aromatic carbocycles. The molecule has 3 heterocycles. The number of halogens is 1. The fourth-order valence-corrected chi connectivity index (χ4v) is 2.82. The number of nitrogens with zero attached hydrogens (tertiary/aromatic N) is 3. The van der Waals surface area contributed by atoms with E-state index >= 15 is 0 Å². The molecule has 0 aliphatic carbocycles. The van der Waals surface area contributed by atoms with Crippen LogP contribution in [-0.4, -0.2) is 28.0 Å². The number of aromatic nitrogens is 3. The molecule has 3 rings (SSSR count). The maximum atomic E-state index is 4.53. The van der Waals surface area contributed by atoms with Gasteiger partial charge >= 0.3 is 0 Å². The lowest BCUT2D eigenvalue weighted by Crippen LogP contribution is -2.35. The minimum Gasteiger partial charge on any atom is -0.356 e. The van der Waals surface area contributed by atoms with E-state index in [2.05, 4.69) is 48.8 Å². The van der Waals surface area contributed by atoms with Crippen molar-refractivity contribution in [3.05, 3.63) is 40.5 Å². The second-order valence-corrected chi connectivity index (χ2v) is 5.91. The molecular weight excluding hydrogens is 304 g/mol. The van der Waals surface area contributed by atoms with E-state index in [0.29, 0.717) is 5.92 Å². The molecule has 0 spiro atoms. The van der Waals surface area contributed by atoms with Gasteiger partial charge in [-0.3, -0.25) is 0 Å². The first-order valence-corrected chi connectivity index (χ1v) is 7.39. The first-order valence-electron chi connectivity index (χ1n) is 6.60. The molecule has 2 aromatic rings. The predicted octanol–water partition coefficient (Wildman–Crippen LogP) is 3.26. The molecule has 0 radical (unpaired) electrons. The van der Waals surface area contributed by atoms with Crippen LogP contribution in [0.3, 0.4) is 0 Å². The number of imidazole rings is 1. The average Bonchev–Trinajstić information content (AvgIpc) is 2.96. The van der Waals surface area contributed by atoms with Gasteiger partial charge in [0.1, 0.15) is 11.6 Å². The Morgan fingerprint density at radius 3 is 3.05 bits per heavy atom. The van der Waals surface area contributed by atoms with E-state index in [0.717, 1.165) is 29.2 Å². The summed E-state index contributed by atoms with van der Waals surface area (Å²) in [5, 5.41) is 0. The largest absolute Gasteiger partial charge is 0.356 e. The molecule has 1 atom stereocenters. The summed E-state index contributed by atoms with van der Waals surface area (Å²) in [6, 6.07) is 2.15. The maximum absolute atomic E-state index is 4.53. The SMILES string of the molecule is Cc1cc(N2CCCC(c3ncc[nH]3)C2)ncc1Br. The molecule has 1 unspecified atom stereocenters. The molecule has 1 aliphatic heterocycles. The second kappa shape index (κ2) is 5.33. The molecule has 1 fully saturated rings. The molecule has 1 aliphatic rings. The molecule has 2 aromatic heterocycles. The van der Waals surface area contributed by atoms with Gasteiger partial charge in [-0.2, -0.15) is 0 Å².